The molecule has 0 radical (unpaired) electrons. The minimum absolute atomic E-state index is 0.0772. The monoisotopic (exact) mass is 512 g/mol. The fraction of sp³-hybridized carbons (Fsp3) is 0.364. The van der Waals surface area contributed by atoms with Crippen LogP contribution in [0.4, 0.5) is 4.39 Å². The zero-order chi connectivity index (χ0) is 21.3. The summed E-state index contributed by atoms with van der Waals surface area (Å²) in [6, 6.07) is 7.11. The number of ether oxygens (including phenoxy) is 1. The first-order chi connectivity index (χ1) is 14.5. The molecule has 0 atom stereocenters. The Labute approximate surface area is 192 Å². The van der Waals surface area contributed by atoms with Crippen molar-refractivity contribution in [2.75, 3.05) is 19.1 Å². The van der Waals surface area contributed by atoms with Gasteiger partial charge < -0.3 is 9.30 Å². The van der Waals surface area contributed by atoms with Gasteiger partial charge in [0.05, 0.1) is 18.5 Å². The summed E-state index contributed by atoms with van der Waals surface area (Å²) in [6.45, 7) is 0.960. The number of aromatic nitrogens is 2. The molecule has 0 aliphatic heterocycles. The summed E-state index contributed by atoms with van der Waals surface area (Å²) in [7, 11) is 0. The van der Waals surface area contributed by atoms with Gasteiger partial charge in [-0.05, 0) is 42.5 Å². The van der Waals surface area contributed by atoms with Crippen molar-refractivity contribution in [1.82, 2.24) is 9.55 Å². The Hall–Kier alpha value is -1.47. The maximum absolute atomic E-state index is 15.5. The molecule has 0 unspecified atom stereocenters. The molecule has 4 nitrogen and oxygen atoms in total. The molecule has 8 heteroatoms. The Bertz CT molecular complexity index is 1100. The number of benzene rings is 2. The van der Waals surface area contributed by atoms with Gasteiger partial charge in [0, 0.05) is 39.5 Å². The zero-order valence-electron chi connectivity index (χ0n) is 16.1. The second-order valence-corrected chi connectivity index (χ2v) is 9.21. The normalized spacial score (nSPS) is 13.9. The Balaban J connectivity index is 1.74. The maximum Gasteiger partial charge on any atom is 0.188 e. The summed E-state index contributed by atoms with van der Waals surface area (Å²) in [5, 5.41) is 0.500. The lowest BCUT2D eigenvalue weighted by Crippen LogP contribution is -2.15. The Morgan fingerprint density at radius 2 is 2.13 bits per heavy atom. The second-order valence-electron chi connectivity index (χ2n) is 7.51. The fourth-order valence-corrected chi connectivity index (χ4v) is 4.35. The number of fused-ring (bicyclic) bond motifs is 1. The van der Waals surface area contributed by atoms with Gasteiger partial charge in [0.2, 0.25) is 0 Å². The van der Waals surface area contributed by atoms with Gasteiger partial charge in [-0.1, -0.05) is 33.6 Å². The molecule has 1 saturated carbocycles. The highest BCUT2D eigenvalue weighted by molar-refractivity contribution is 9.10. The molecular weight excluding hydrogens is 494 g/mol. The van der Waals surface area contributed by atoms with Crippen LogP contribution in [0.1, 0.15) is 34.3 Å². The van der Waals surface area contributed by atoms with E-state index in [2.05, 4.69) is 20.9 Å². The number of nitrogens with zero attached hydrogens (tertiary/aromatic N) is 2. The quantitative estimate of drug-likeness (QED) is 0.259. The number of ketones is 1. The Kier molecular flexibility index (Phi) is 6.78. The molecule has 3 aromatic rings. The number of aryl methyl sites for hydroxylation is 1. The van der Waals surface area contributed by atoms with Gasteiger partial charge in [0.15, 0.2) is 11.6 Å². The predicted octanol–water partition coefficient (Wildman–Crippen LogP) is 6.03. The third-order valence-corrected chi connectivity index (χ3v) is 6.26. The van der Waals surface area contributed by atoms with E-state index in [0.29, 0.717) is 41.1 Å². The van der Waals surface area contributed by atoms with Crippen LogP contribution in [0.25, 0.3) is 11.0 Å². The van der Waals surface area contributed by atoms with Crippen molar-refractivity contribution >= 4 is 55.9 Å². The van der Waals surface area contributed by atoms with Crippen molar-refractivity contribution in [2.45, 2.75) is 25.8 Å². The van der Waals surface area contributed by atoms with Crippen LogP contribution in [0.5, 0.6) is 0 Å². The number of Topliss-reactive ketones (excluding diaryl/α,β-unsaturated/α-hetero) is 1. The lowest BCUT2D eigenvalue weighted by molar-refractivity contribution is 0.0738. The molecule has 2 aromatic carbocycles. The molecule has 0 N–H and O–H groups in total. The van der Waals surface area contributed by atoms with Gasteiger partial charge in [-0.15, -0.1) is 11.6 Å². The largest absolute Gasteiger partial charge is 0.373 e. The van der Waals surface area contributed by atoms with E-state index in [-0.39, 0.29) is 29.9 Å². The van der Waals surface area contributed by atoms with Crippen LogP contribution in [0.3, 0.4) is 0 Å². The SMILES string of the molecule is O=C(COCC1CC1)c1cc2c(ncn2CCCl)c(F)c1Cc1ccc(Br)cc1Cl. The molecule has 1 aliphatic rings. The van der Waals surface area contributed by atoms with E-state index in [0.717, 1.165) is 22.9 Å². The fourth-order valence-electron chi connectivity index (χ4n) is 3.42. The summed E-state index contributed by atoms with van der Waals surface area (Å²) >= 11 is 15.6. The van der Waals surface area contributed by atoms with Crippen LogP contribution < -0.4 is 0 Å². The van der Waals surface area contributed by atoms with Crippen molar-refractivity contribution in [1.29, 1.82) is 0 Å². The van der Waals surface area contributed by atoms with E-state index in [9.17, 15) is 4.79 Å². The molecule has 158 valence electrons. The van der Waals surface area contributed by atoms with Gasteiger partial charge in [0.1, 0.15) is 12.1 Å². The molecule has 1 aliphatic carbocycles. The summed E-state index contributed by atoms with van der Waals surface area (Å²) < 4.78 is 23.7. The molecule has 0 bridgehead atoms. The third-order valence-electron chi connectivity index (χ3n) is 5.25. The van der Waals surface area contributed by atoms with Crippen LogP contribution >= 0.6 is 39.1 Å². The maximum atomic E-state index is 15.5. The molecule has 1 fully saturated rings. The molecule has 1 heterocycles. The van der Waals surface area contributed by atoms with E-state index in [4.69, 9.17) is 27.9 Å². The highest BCUT2D eigenvalue weighted by Gasteiger charge is 2.24. The molecule has 0 spiro atoms. The van der Waals surface area contributed by atoms with Crippen molar-refractivity contribution in [3.8, 4) is 0 Å². The van der Waals surface area contributed by atoms with Crippen LogP contribution in [-0.2, 0) is 17.7 Å². The number of carbonyl (C=O) groups excluding carboxylic acids is 1. The summed E-state index contributed by atoms with van der Waals surface area (Å²) in [5.74, 6) is 0.142. The zero-order valence-corrected chi connectivity index (χ0v) is 19.2. The molecule has 30 heavy (non-hydrogen) atoms. The van der Waals surface area contributed by atoms with E-state index < -0.39 is 5.82 Å². The topological polar surface area (TPSA) is 44.1 Å². The summed E-state index contributed by atoms with van der Waals surface area (Å²) in [5.41, 5.74) is 2.07. The standard InChI is InChI=1S/C22H20BrCl2FN2O2/c23-15-4-3-14(18(25)8-15)7-17-16(20(29)11-30-10-13-1-2-13)9-19-22(21(17)26)27-12-28(19)6-5-24/h3-4,8-9,12-13H,1-2,5-7,10-11H2. The summed E-state index contributed by atoms with van der Waals surface area (Å²) in [4.78, 5) is 17.2. The van der Waals surface area contributed by atoms with E-state index >= 15 is 4.39 Å². The van der Waals surface area contributed by atoms with Crippen LogP contribution in [0.15, 0.2) is 35.1 Å². The minimum atomic E-state index is -0.509. The van der Waals surface area contributed by atoms with Crippen molar-refractivity contribution in [3.63, 3.8) is 0 Å². The van der Waals surface area contributed by atoms with Crippen LogP contribution in [0, 0.1) is 11.7 Å². The average molecular weight is 514 g/mol. The highest BCUT2D eigenvalue weighted by atomic mass is 79.9. The van der Waals surface area contributed by atoms with Gasteiger partial charge in [-0.25, -0.2) is 9.37 Å². The predicted molar refractivity (Wildman–Crippen MR) is 120 cm³/mol. The molecule has 1 aromatic heterocycles. The highest BCUT2D eigenvalue weighted by Crippen LogP contribution is 2.31. The van der Waals surface area contributed by atoms with Gasteiger partial charge in [-0.3, -0.25) is 4.79 Å². The van der Waals surface area contributed by atoms with Crippen LogP contribution in [-0.4, -0.2) is 34.4 Å². The van der Waals surface area contributed by atoms with E-state index in [1.165, 1.54) is 0 Å². The number of hydrogen-bond acceptors (Lipinski definition) is 3. The number of hydrogen-bond donors (Lipinski definition) is 0. The third kappa shape index (κ3) is 4.72. The second kappa shape index (κ2) is 9.35. The number of rotatable bonds is 9. The first-order valence-corrected chi connectivity index (χ1v) is 11.5. The first kappa shape index (κ1) is 21.8. The molecule has 4 rings (SSSR count). The van der Waals surface area contributed by atoms with Crippen LogP contribution in [0.2, 0.25) is 5.02 Å². The minimum Gasteiger partial charge on any atom is -0.373 e. The summed E-state index contributed by atoms with van der Waals surface area (Å²) in [6.07, 6.45) is 4.00. The molecular formula is C22H20BrCl2FN2O2. The molecule has 0 amide bonds. The smallest absolute Gasteiger partial charge is 0.188 e. The van der Waals surface area contributed by atoms with Crippen molar-refractivity contribution in [2.24, 2.45) is 5.92 Å². The van der Waals surface area contributed by atoms with Crippen molar-refractivity contribution in [3.05, 3.63) is 62.6 Å². The number of imidazole rings is 1. The van der Waals surface area contributed by atoms with Crippen molar-refractivity contribution < 1.29 is 13.9 Å². The van der Waals surface area contributed by atoms with E-state index in [1.807, 2.05) is 12.1 Å². The first-order valence-electron chi connectivity index (χ1n) is 9.75. The molecule has 0 saturated heterocycles. The lowest BCUT2D eigenvalue weighted by Gasteiger charge is -2.13. The lowest BCUT2D eigenvalue weighted by atomic mass is 9.95. The van der Waals surface area contributed by atoms with E-state index in [1.54, 1.807) is 23.0 Å². The number of halogens is 4. The number of alkyl halides is 1. The Morgan fingerprint density at radius 3 is 2.83 bits per heavy atom. The van der Waals surface area contributed by atoms with Gasteiger partial charge >= 0.3 is 0 Å². The average Bonchev–Trinajstić information content (AvgIpc) is 3.45. The Morgan fingerprint density at radius 1 is 1.33 bits per heavy atom. The number of carbonyl (C=O) groups is 1. The van der Waals surface area contributed by atoms with Gasteiger partial charge in [-0.2, -0.15) is 0 Å². The van der Waals surface area contributed by atoms with Gasteiger partial charge in [0.25, 0.3) is 0 Å².